The van der Waals surface area contributed by atoms with Crippen LogP contribution in [-0.2, 0) is 6.54 Å². The number of aromatic nitrogens is 7. The predicted molar refractivity (Wildman–Crippen MR) is 159 cm³/mol. The Morgan fingerprint density at radius 3 is 2.51 bits per heavy atom. The van der Waals surface area contributed by atoms with Gasteiger partial charge in [-0.05, 0) is 67.1 Å². The third-order valence-electron chi connectivity index (χ3n) is 9.56. The quantitative estimate of drug-likeness (QED) is 0.241. The van der Waals surface area contributed by atoms with Crippen LogP contribution < -0.4 is 11.1 Å². The van der Waals surface area contributed by atoms with E-state index in [4.69, 9.17) is 24.5 Å². The maximum Gasteiger partial charge on any atom is 0.439 e. The second-order valence-corrected chi connectivity index (χ2v) is 12.8. The van der Waals surface area contributed by atoms with E-state index in [0.29, 0.717) is 35.1 Å². The smallest absolute Gasteiger partial charge is 0.365 e. The van der Waals surface area contributed by atoms with Crippen LogP contribution in [0.4, 0.5) is 5.82 Å². The van der Waals surface area contributed by atoms with Gasteiger partial charge >= 0.3 is 5.76 Å². The number of pyridine rings is 1. The van der Waals surface area contributed by atoms with Crippen LogP contribution in [0.5, 0.6) is 0 Å². The molecule has 2 aliphatic rings. The Bertz CT molecular complexity index is 1560. The zero-order valence-electron chi connectivity index (χ0n) is 24.9. The van der Waals surface area contributed by atoms with Crippen LogP contribution in [0, 0.1) is 23.7 Å². The fourth-order valence-electron chi connectivity index (χ4n) is 6.36. The van der Waals surface area contributed by atoms with Gasteiger partial charge in [-0.3, -0.25) is 14.5 Å². The molecule has 2 aliphatic carbocycles. The molecule has 0 bridgehead atoms. The highest BCUT2D eigenvalue weighted by Gasteiger charge is 2.30. The highest BCUT2D eigenvalue weighted by molar-refractivity contribution is 5.88. The van der Waals surface area contributed by atoms with E-state index in [0.717, 1.165) is 29.5 Å². The Morgan fingerprint density at radius 1 is 1.07 bits per heavy atom. The fraction of sp³-hybridized carbons (Fsp3) is 0.613. The largest absolute Gasteiger partial charge is 0.439 e. The Morgan fingerprint density at radius 2 is 1.85 bits per heavy atom. The molecule has 4 aromatic heterocycles. The van der Waals surface area contributed by atoms with Crippen molar-refractivity contribution in [3.63, 3.8) is 0 Å². The molecule has 2 saturated carbocycles. The van der Waals surface area contributed by atoms with Gasteiger partial charge in [0.05, 0.1) is 0 Å². The first-order valence-electron chi connectivity index (χ1n) is 15.3. The molecule has 1 unspecified atom stereocenters. The van der Waals surface area contributed by atoms with Crippen LogP contribution in [0.3, 0.4) is 0 Å². The summed E-state index contributed by atoms with van der Waals surface area (Å²) in [6, 6.07) is 4.40. The maximum atomic E-state index is 11.8. The summed E-state index contributed by atoms with van der Waals surface area (Å²) < 4.78 is 7.08. The summed E-state index contributed by atoms with van der Waals surface area (Å²) in [6.45, 7) is 12.1. The second-order valence-electron chi connectivity index (χ2n) is 12.8. The predicted octanol–water partition coefficient (Wildman–Crippen LogP) is 6.42. The average Bonchev–Trinajstić information content (AvgIpc) is 3.52. The number of nitrogens with zero attached hydrogens (tertiary/aromatic N) is 6. The van der Waals surface area contributed by atoms with E-state index in [2.05, 4.69) is 66.8 Å². The van der Waals surface area contributed by atoms with Crippen molar-refractivity contribution in [2.24, 2.45) is 23.7 Å². The van der Waals surface area contributed by atoms with Gasteiger partial charge in [-0.2, -0.15) is 0 Å². The molecule has 10 nitrogen and oxygen atoms in total. The number of imidazole rings is 1. The van der Waals surface area contributed by atoms with E-state index < -0.39 is 5.76 Å². The Kier molecular flexibility index (Phi) is 7.66. The molecular weight excluding hydrogens is 516 g/mol. The summed E-state index contributed by atoms with van der Waals surface area (Å²) >= 11 is 0. The van der Waals surface area contributed by atoms with Gasteiger partial charge in [0.2, 0.25) is 11.6 Å². The average molecular weight is 559 g/mol. The summed E-state index contributed by atoms with van der Waals surface area (Å²) in [4.78, 5) is 34.0. The third kappa shape index (κ3) is 5.65. The molecule has 2 fully saturated rings. The number of hydrogen-bond acceptors (Lipinski definition) is 8. The number of rotatable bonds is 9. The van der Waals surface area contributed by atoms with Crippen molar-refractivity contribution >= 4 is 17.0 Å². The first-order valence-corrected chi connectivity index (χ1v) is 15.3. The molecular formula is C31H42N8O2. The number of H-pyrrole nitrogens is 1. The van der Waals surface area contributed by atoms with Gasteiger partial charge in [0.15, 0.2) is 17.3 Å². The first kappa shape index (κ1) is 27.6. The molecule has 0 radical (unpaired) electrons. The third-order valence-corrected chi connectivity index (χ3v) is 9.56. The Balaban J connectivity index is 1.51. The lowest BCUT2D eigenvalue weighted by atomic mass is 9.74. The topological polar surface area (TPSA) is 127 Å². The summed E-state index contributed by atoms with van der Waals surface area (Å²) in [7, 11) is 0. The van der Waals surface area contributed by atoms with Crippen molar-refractivity contribution in [1.29, 1.82) is 0 Å². The Hall–Kier alpha value is -3.56. The highest BCUT2D eigenvalue weighted by Crippen LogP contribution is 2.38. The molecule has 4 heterocycles. The second kappa shape index (κ2) is 11.4. The van der Waals surface area contributed by atoms with Gasteiger partial charge in [-0.25, -0.2) is 19.7 Å². The lowest BCUT2D eigenvalue weighted by Crippen LogP contribution is -2.33. The maximum absolute atomic E-state index is 11.8. The molecule has 2 atom stereocenters. The number of anilines is 1. The zero-order valence-corrected chi connectivity index (χ0v) is 24.9. The van der Waals surface area contributed by atoms with Gasteiger partial charge in [0, 0.05) is 18.8 Å². The molecule has 2 N–H and O–H groups in total. The molecule has 218 valence electrons. The van der Waals surface area contributed by atoms with Crippen LogP contribution in [0.1, 0.15) is 91.0 Å². The minimum atomic E-state index is -0.641. The minimum Gasteiger partial charge on any atom is -0.365 e. The highest BCUT2D eigenvalue weighted by atomic mass is 16.5. The first-order chi connectivity index (χ1) is 19.8. The van der Waals surface area contributed by atoms with E-state index in [1.54, 1.807) is 0 Å². The van der Waals surface area contributed by atoms with Crippen LogP contribution in [0.15, 0.2) is 27.6 Å². The lowest BCUT2D eigenvalue weighted by molar-refractivity contribution is 0.205. The monoisotopic (exact) mass is 558 g/mol. The molecule has 0 saturated heterocycles. The SMILES string of the molecule is CC(C)c1ccnc(-c2nc3nc(-c4noc(=O)[nH]4)nc(NC(C)[C@H](C)C4CCC4)c3n2C[C@H]2CC[C@H](C)CC2)c1. The molecule has 6 rings (SSSR count). The van der Waals surface area contributed by atoms with Crippen molar-refractivity contribution in [2.45, 2.75) is 98.1 Å². The van der Waals surface area contributed by atoms with Crippen molar-refractivity contribution in [2.75, 3.05) is 5.32 Å². The minimum absolute atomic E-state index is 0.187. The van der Waals surface area contributed by atoms with E-state index in [-0.39, 0.29) is 17.7 Å². The van der Waals surface area contributed by atoms with Crippen molar-refractivity contribution in [1.82, 2.24) is 34.6 Å². The van der Waals surface area contributed by atoms with Gasteiger partial charge in [0.1, 0.15) is 11.2 Å². The number of hydrogen-bond donors (Lipinski definition) is 2. The van der Waals surface area contributed by atoms with Crippen LogP contribution >= 0.6 is 0 Å². The van der Waals surface area contributed by atoms with Gasteiger partial charge < -0.3 is 9.88 Å². The van der Waals surface area contributed by atoms with E-state index in [9.17, 15) is 4.79 Å². The normalized spacial score (nSPS) is 21.2. The van der Waals surface area contributed by atoms with Gasteiger partial charge in [0.25, 0.3) is 0 Å². The molecule has 0 spiro atoms. The van der Waals surface area contributed by atoms with Crippen molar-refractivity contribution in [3.05, 3.63) is 34.4 Å². The number of fused-ring (bicyclic) bond motifs is 1. The summed E-state index contributed by atoms with van der Waals surface area (Å²) in [5.41, 5.74) is 3.48. The van der Waals surface area contributed by atoms with E-state index in [1.807, 2.05) is 6.20 Å². The van der Waals surface area contributed by atoms with Crippen LogP contribution in [-0.4, -0.2) is 40.7 Å². The summed E-state index contributed by atoms with van der Waals surface area (Å²) in [5.74, 6) is 4.22. The fourth-order valence-corrected chi connectivity index (χ4v) is 6.36. The summed E-state index contributed by atoms with van der Waals surface area (Å²) in [6.07, 6.45) is 10.6. The summed E-state index contributed by atoms with van der Waals surface area (Å²) in [5, 5.41) is 7.62. The zero-order chi connectivity index (χ0) is 28.7. The van der Waals surface area contributed by atoms with E-state index >= 15 is 0 Å². The molecule has 0 aromatic carbocycles. The molecule has 41 heavy (non-hydrogen) atoms. The lowest BCUT2D eigenvalue weighted by Gasteiger charge is -2.35. The van der Waals surface area contributed by atoms with Crippen molar-refractivity contribution < 1.29 is 4.52 Å². The van der Waals surface area contributed by atoms with Crippen molar-refractivity contribution in [3.8, 4) is 23.2 Å². The molecule has 0 amide bonds. The van der Waals surface area contributed by atoms with Gasteiger partial charge in [-0.1, -0.05) is 65.0 Å². The molecule has 0 aliphatic heterocycles. The van der Waals surface area contributed by atoms with Crippen LogP contribution in [0.25, 0.3) is 34.3 Å². The van der Waals surface area contributed by atoms with Gasteiger partial charge in [-0.15, -0.1) is 0 Å². The van der Waals surface area contributed by atoms with Crippen LogP contribution in [0.2, 0.25) is 0 Å². The number of nitrogens with one attached hydrogen (secondary N) is 2. The standard InChI is InChI=1S/C31H42N8O2/c1-17(2)23-13-14-32-24(15-23)30-36-27-25(39(30)16-21-11-9-18(3)10-12-21)26(33-20(5)19(4)22-7-6-8-22)34-28(35-27)29-37-31(40)41-38-29/h13-15,17-22H,6-12,16H2,1-5H3,(H,33,34,35)(H,37,38,40)/t18-,19-,20?,21-/m0/s1. The molecule has 10 heteroatoms. The Labute approximate surface area is 240 Å². The molecule has 4 aromatic rings. The number of aromatic amines is 1. The van der Waals surface area contributed by atoms with E-state index in [1.165, 1.54) is 50.5 Å².